The Balaban J connectivity index is 3.76. The number of hydrogen-bond donors (Lipinski definition) is 2. The van der Waals surface area contributed by atoms with Crippen LogP contribution in [-0.2, 0) is 32.7 Å². The van der Waals surface area contributed by atoms with Gasteiger partial charge in [0.15, 0.2) is 6.10 Å². The average molecular weight is 1300 g/mol. The minimum Gasteiger partial charge on any atom is -0.462 e. The van der Waals surface area contributed by atoms with E-state index in [9.17, 15) is 19.0 Å². The van der Waals surface area contributed by atoms with E-state index in [-0.39, 0.29) is 38.6 Å². The topological polar surface area (TPSA) is 134 Å². The number of phosphoric ester groups is 1. The number of phosphoric acid groups is 1. The smallest absolute Gasteiger partial charge is 0.462 e. The molecule has 0 aliphatic rings. The van der Waals surface area contributed by atoms with Gasteiger partial charge in [-0.3, -0.25) is 18.6 Å². The lowest BCUT2D eigenvalue weighted by Gasteiger charge is -2.19. The van der Waals surface area contributed by atoms with Gasteiger partial charge in [0, 0.05) is 19.4 Å². The number of ether oxygens (including phenoxy) is 2. The molecule has 91 heavy (non-hydrogen) atoms. The molecule has 0 bridgehead atoms. The number of carbonyl (C=O) groups is 2. The van der Waals surface area contributed by atoms with Crippen molar-refractivity contribution in [1.29, 1.82) is 0 Å². The van der Waals surface area contributed by atoms with Gasteiger partial charge in [-0.05, 0) is 64.2 Å². The van der Waals surface area contributed by atoms with Crippen molar-refractivity contribution in [2.75, 3.05) is 26.4 Å². The molecule has 0 aromatic heterocycles. The highest BCUT2D eigenvalue weighted by atomic mass is 31.2. The third-order valence-corrected chi connectivity index (χ3v) is 18.6. The van der Waals surface area contributed by atoms with E-state index in [4.69, 9.17) is 24.3 Å². The Bertz CT molecular complexity index is 1720. The zero-order chi connectivity index (χ0) is 65.8. The molecule has 0 aromatic carbocycles. The summed E-state index contributed by atoms with van der Waals surface area (Å²) in [7, 11) is -4.40. The maximum atomic E-state index is 12.8. The average Bonchev–Trinajstić information content (AvgIpc) is 3.68. The summed E-state index contributed by atoms with van der Waals surface area (Å²) in [4.78, 5) is 35.4. The quantitative estimate of drug-likeness (QED) is 0.0264. The lowest BCUT2D eigenvalue weighted by atomic mass is 10.0. The molecule has 0 aliphatic heterocycles. The van der Waals surface area contributed by atoms with Gasteiger partial charge in [-0.15, -0.1) is 0 Å². The van der Waals surface area contributed by atoms with Gasteiger partial charge < -0.3 is 20.1 Å². The minimum absolute atomic E-state index is 0.0517. The van der Waals surface area contributed by atoms with Crippen molar-refractivity contribution in [3.63, 3.8) is 0 Å². The van der Waals surface area contributed by atoms with Crippen LogP contribution in [0.15, 0.2) is 72.9 Å². The molecule has 0 saturated heterocycles. The number of esters is 2. The summed E-state index contributed by atoms with van der Waals surface area (Å²) in [5.41, 5.74) is 5.41. The number of allylic oxidation sites excluding steroid dienone is 12. The maximum absolute atomic E-state index is 12.8. The van der Waals surface area contributed by atoms with Crippen LogP contribution in [0.3, 0.4) is 0 Å². The van der Waals surface area contributed by atoms with Crippen molar-refractivity contribution in [2.45, 2.75) is 405 Å². The number of unbranched alkanes of at least 4 members (excludes halogenated alkanes) is 50. The fourth-order valence-corrected chi connectivity index (χ4v) is 12.6. The molecule has 0 amide bonds. The number of rotatable bonds is 75. The molecular formula is C81H150NO8P. The molecule has 10 heteroatoms. The van der Waals surface area contributed by atoms with E-state index in [1.807, 2.05) is 0 Å². The Labute approximate surface area is 564 Å². The van der Waals surface area contributed by atoms with Crippen molar-refractivity contribution in [3.8, 4) is 0 Å². The van der Waals surface area contributed by atoms with E-state index in [1.165, 1.54) is 283 Å². The van der Waals surface area contributed by atoms with Gasteiger partial charge in [0.05, 0.1) is 13.2 Å². The van der Waals surface area contributed by atoms with E-state index >= 15 is 0 Å². The standard InChI is InChI=1S/C81H150NO8P/c1-3-5-7-9-11-13-15-17-19-21-23-25-27-29-31-33-34-35-36-37-38-39-40-41-42-43-44-46-47-49-51-53-55-57-59-61-63-65-67-69-71-73-80(83)87-77-79(78-89-91(85,86)88-76-75-82)90-81(84)74-72-70-68-66-64-62-60-58-56-54-52-50-48-45-32-30-28-26-24-22-20-18-16-14-12-10-8-6-4-2/h6,8,12,14,18,20,24,26,30,32,48,50,79H,3-5,7,9-11,13,15-17,19,21-23,25,27-29,31,33-47,49,51-78,82H2,1-2H3,(H,85,86)/b8-6-,14-12-,20-18-,26-24-,32-30-,50-48-. The first-order valence-corrected chi connectivity index (χ1v) is 40.9. The monoisotopic (exact) mass is 1300 g/mol. The lowest BCUT2D eigenvalue weighted by molar-refractivity contribution is -0.161. The van der Waals surface area contributed by atoms with Crippen molar-refractivity contribution in [1.82, 2.24) is 0 Å². The normalized spacial score (nSPS) is 13.2. The van der Waals surface area contributed by atoms with Crippen LogP contribution in [0, 0.1) is 0 Å². The number of nitrogens with two attached hydrogens (primary N) is 1. The van der Waals surface area contributed by atoms with Gasteiger partial charge in [-0.2, -0.15) is 0 Å². The lowest BCUT2D eigenvalue weighted by Crippen LogP contribution is -2.29. The van der Waals surface area contributed by atoms with E-state index in [0.717, 1.165) is 83.5 Å². The van der Waals surface area contributed by atoms with Crippen molar-refractivity contribution in [2.24, 2.45) is 5.73 Å². The second-order valence-electron chi connectivity index (χ2n) is 26.6. The number of hydrogen-bond acceptors (Lipinski definition) is 8. The maximum Gasteiger partial charge on any atom is 0.472 e. The van der Waals surface area contributed by atoms with Crippen molar-refractivity contribution < 1.29 is 37.6 Å². The summed E-state index contributed by atoms with van der Waals surface area (Å²) < 4.78 is 33.2. The second-order valence-corrected chi connectivity index (χ2v) is 28.0. The van der Waals surface area contributed by atoms with Crippen LogP contribution in [0.2, 0.25) is 0 Å². The van der Waals surface area contributed by atoms with Crippen molar-refractivity contribution >= 4 is 19.8 Å². The molecule has 0 heterocycles. The Morgan fingerprint density at radius 3 is 0.901 bits per heavy atom. The summed E-state index contributed by atoms with van der Waals surface area (Å²) in [5.74, 6) is -0.818. The van der Waals surface area contributed by atoms with Crippen LogP contribution >= 0.6 is 7.82 Å². The molecule has 0 spiro atoms. The van der Waals surface area contributed by atoms with Crippen LogP contribution in [0.1, 0.15) is 399 Å². The third-order valence-electron chi connectivity index (χ3n) is 17.6. The number of carbonyl (C=O) groups excluding carboxylic acids is 2. The highest BCUT2D eigenvalue weighted by molar-refractivity contribution is 7.47. The molecule has 0 rings (SSSR count). The molecule has 2 atom stereocenters. The second kappa shape index (κ2) is 76.5. The van der Waals surface area contributed by atoms with Crippen LogP contribution in [0.4, 0.5) is 0 Å². The SMILES string of the molecule is CC/C=C\C/C=C\C/C=C\C/C=C\C/C=C\C/C=C\CCCCCCCCCCCCC(=O)OC(COC(=O)CCCCCCCCCCCCCCCCCCCCCCCCCCCCCCCCCCCCCCCCCCC)COP(=O)(O)OCCN. The van der Waals surface area contributed by atoms with Crippen LogP contribution < -0.4 is 5.73 Å². The van der Waals surface area contributed by atoms with Crippen molar-refractivity contribution in [3.05, 3.63) is 72.9 Å². The van der Waals surface area contributed by atoms with Gasteiger partial charge in [0.25, 0.3) is 0 Å². The first-order chi connectivity index (χ1) is 44.8. The Kier molecular flexibility index (Phi) is 74.3. The van der Waals surface area contributed by atoms with Gasteiger partial charge in [-0.1, -0.05) is 395 Å². The third kappa shape index (κ3) is 76.4. The first-order valence-electron chi connectivity index (χ1n) is 39.4. The molecule has 0 fully saturated rings. The van der Waals surface area contributed by atoms with Gasteiger partial charge in [-0.25, -0.2) is 4.57 Å². The van der Waals surface area contributed by atoms with E-state index in [1.54, 1.807) is 0 Å². The summed E-state index contributed by atoms with van der Waals surface area (Å²) >= 11 is 0. The molecule has 0 saturated carbocycles. The summed E-state index contributed by atoms with van der Waals surface area (Å²) in [6, 6.07) is 0. The predicted octanol–water partition coefficient (Wildman–Crippen LogP) is 26.3. The zero-order valence-corrected chi connectivity index (χ0v) is 61.0. The van der Waals surface area contributed by atoms with E-state index < -0.39 is 26.5 Å². The Morgan fingerprint density at radius 2 is 0.604 bits per heavy atom. The van der Waals surface area contributed by atoms with Crippen LogP contribution in [-0.4, -0.2) is 49.3 Å². The molecule has 0 aliphatic carbocycles. The minimum atomic E-state index is -4.40. The summed E-state index contributed by atoms with van der Waals surface area (Å²) in [5, 5.41) is 0. The zero-order valence-electron chi connectivity index (χ0n) is 60.1. The fraction of sp³-hybridized carbons (Fsp3) is 0.827. The van der Waals surface area contributed by atoms with E-state index in [2.05, 4.69) is 86.8 Å². The highest BCUT2D eigenvalue weighted by Crippen LogP contribution is 2.43. The van der Waals surface area contributed by atoms with Crippen LogP contribution in [0.5, 0.6) is 0 Å². The Morgan fingerprint density at radius 1 is 0.341 bits per heavy atom. The summed E-state index contributed by atoms with van der Waals surface area (Å²) in [6.07, 6.45) is 102. The molecular weight excluding hydrogens is 1150 g/mol. The molecule has 532 valence electrons. The van der Waals surface area contributed by atoms with E-state index in [0.29, 0.717) is 6.42 Å². The Hall–Kier alpha value is -2.55. The fourth-order valence-electron chi connectivity index (χ4n) is 11.8. The molecule has 0 aromatic rings. The highest BCUT2D eigenvalue weighted by Gasteiger charge is 2.26. The van der Waals surface area contributed by atoms with Gasteiger partial charge in [0.2, 0.25) is 0 Å². The summed E-state index contributed by atoms with van der Waals surface area (Å²) in [6.45, 7) is 3.69. The molecule has 9 nitrogen and oxygen atoms in total. The molecule has 0 radical (unpaired) electrons. The molecule has 3 N–H and O–H groups in total. The van der Waals surface area contributed by atoms with Crippen LogP contribution in [0.25, 0.3) is 0 Å². The van der Waals surface area contributed by atoms with Gasteiger partial charge in [0.1, 0.15) is 6.61 Å². The molecule has 2 unspecified atom stereocenters. The first kappa shape index (κ1) is 88.5. The largest absolute Gasteiger partial charge is 0.472 e. The predicted molar refractivity (Wildman–Crippen MR) is 395 cm³/mol. The van der Waals surface area contributed by atoms with Gasteiger partial charge >= 0.3 is 19.8 Å².